The molecule has 0 bridgehead atoms. The first kappa shape index (κ1) is 21.9. The number of nitrogens with one attached hydrogen (secondary N) is 1. The van der Waals surface area contributed by atoms with E-state index >= 15 is 0 Å². The molecule has 2 aromatic rings. The third-order valence-electron chi connectivity index (χ3n) is 4.85. The molecule has 0 aliphatic carbocycles. The predicted octanol–water partition coefficient (Wildman–Crippen LogP) is 2.25. The molecule has 1 heterocycles. The Kier molecular flexibility index (Phi) is 6.96. The quantitative estimate of drug-likeness (QED) is 0.643. The molecule has 2 aromatic carbocycles. The van der Waals surface area contributed by atoms with Crippen LogP contribution in [0.4, 0.5) is 11.4 Å². The van der Waals surface area contributed by atoms with Gasteiger partial charge in [-0.3, -0.25) is 14.4 Å². The summed E-state index contributed by atoms with van der Waals surface area (Å²) in [5.41, 5.74) is 1.06. The Morgan fingerprint density at radius 2 is 1.77 bits per heavy atom. The van der Waals surface area contributed by atoms with Gasteiger partial charge in [0.2, 0.25) is 5.91 Å². The van der Waals surface area contributed by atoms with E-state index in [0.29, 0.717) is 28.6 Å². The van der Waals surface area contributed by atoms with E-state index < -0.39 is 24.4 Å². The summed E-state index contributed by atoms with van der Waals surface area (Å²) in [7, 11) is 4.53. The molecule has 9 nitrogen and oxygen atoms in total. The number of ether oxygens (including phenoxy) is 4. The van der Waals surface area contributed by atoms with Gasteiger partial charge in [-0.25, -0.2) is 0 Å². The minimum absolute atomic E-state index is 0.0178. The fourth-order valence-corrected chi connectivity index (χ4v) is 3.24. The van der Waals surface area contributed by atoms with Crippen LogP contribution in [-0.4, -0.2) is 52.3 Å². The summed E-state index contributed by atoms with van der Waals surface area (Å²) in [4.78, 5) is 38.5. The number of nitrogens with zero attached hydrogens (tertiary/aromatic N) is 1. The molecule has 1 N–H and O–H groups in total. The fraction of sp³-hybridized carbons (Fsp3) is 0.318. The first-order valence-corrected chi connectivity index (χ1v) is 9.58. The average Bonchev–Trinajstić information content (AvgIpc) is 3.19. The molecule has 1 atom stereocenters. The normalized spacial score (nSPS) is 15.4. The number of esters is 1. The molecule has 31 heavy (non-hydrogen) atoms. The van der Waals surface area contributed by atoms with Crippen LogP contribution in [0, 0.1) is 5.92 Å². The lowest BCUT2D eigenvalue weighted by Crippen LogP contribution is -2.28. The zero-order valence-electron chi connectivity index (χ0n) is 17.5. The maximum atomic E-state index is 12.4. The Hall–Kier alpha value is -3.75. The van der Waals surface area contributed by atoms with Gasteiger partial charge in [-0.15, -0.1) is 0 Å². The van der Waals surface area contributed by atoms with Crippen molar-refractivity contribution in [1.29, 1.82) is 0 Å². The van der Waals surface area contributed by atoms with Crippen molar-refractivity contribution in [3.05, 3.63) is 42.5 Å². The molecule has 0 unspecified atom stereocenters. The van der Waals surface area contributed by atoms with E-state index in [1.807, 2.05) is 0 Å². The molecule has 2 amide bonds. The molecular weight excluding hydrogens is 404 g/mol. The first-order chi connectivity index (χ1) is 14.9. The second-order valence-electron chi connectivity index (χ2n) is 6.83. The van der Waals surface area contributed by atoms with Gasteiger partial charge in [0.25, 0.3) is 5.91 Å². The topological polar surface area (TPSA) is 103 Å². The zero-order valence-corrected chi connectivity index (χ0v) is 17.5. The van der Waals surface area contributed by atoms with Crippen molar-refractivity contribution in [2.45, 2.75) is 6.42 Å². The monoisotopic (exact) mass is 428 g/mol. The molecule has 0 radical (unpaired) electrons. The minimum Gasteiger partial charge on any atom is -0.497 e. The Bertz CT molecular complexity index is 976. The number of hydrogen-bond acceptors (Lipinski definition) is 7. The lowest BCUT2D eigenvalue weighted by atomic mass is 10.1. The van der Waals surface area contributed by atoms with Crippen molar-refractivity contribution >= 4 is 29.2 Å². The standard InChI is InChI=1S/C22H24N2O7/c1-28-16-6-4-5-15(10-16)24-12-14(9-21(24)26)22(27)31-13-20(25)23-18-8-7-17(29-2)11-19(18)30-3/h4-8,10-11,14H,9,12-13H2,1-3H3,(H,23,25)/t14-/m0/s1. The molecule has 1 aliphatic heterocycles. The number of carbonyl (C=O) groups is 3. The Morgan fingerprint density at radius 3 is 2.48 bits per heavy atom. The summed E-state index contributed by atoms with van der Waals surface area (Å²) in [5, 5.41) is 2.63. The van der Waals surface area contributed by atoms with Crippen LogP contribution in [-0.2, 0) is 19.1 Å². The van der Waals surface area contributed by atoms with E-state index in [9.17, 15) is 14.4 Å². The number of rotatable bonds is 8. The fourth-order valence-electron chi connectivity index (χ4n) is 3.24. The van der Waals surface area contributed by atoms with Gasteiger partial charge in [0, 0.05) is 30.8 Å². The zero-order chi connectivity index (χ0) is 22.4. The van der Waals surface area contributed by atoms with E-state index in [0.717, 1.165) is 0 Å². The Labute approximate surface area is 179 Å². The van der Waals surface area contributed by atoms with Gasteiger partial charge in [-0.2, -0.15) is 0 Å². The van der Waals surface area contributed by atoms with Crippen molar-refractivity contribution in [1.82, 2.24) is 0 Å². The summed E-state index contributed by atoms with van der Waals surface area (Å²) in [6.45, 7) is -0.295. The second kappa shape index (κ2) is 9.84. The molecule has 0 aromatic heterocycles. The molecule has 1 saturated heterocycles. The van der Waals surface area contributed by atoms with Crippen LogP contribution in [0.3, 0.4) is 0 Å². The highest BCUT2D eigenvalue weighted by Gasteiger charge is 2.36. The minimum atomic E-state index is -0.651. The van der Waals surface area contributed by atoms with Gasteiger partial charge in [0.05, 0.1) is 32.9 Å². The smallest absolute Gasteiger partial charge is 0.311 e. The largest absolute Gasteiger partial charge is 0.497 e. The second-order valence-corrected chi connectivity index (χ2v) is 6.83. The molecular formula is C22H24N2O7. The van der Waals surface area contributed by atoms with Gasteiger partial charge in [-0.1, -0.05) is 6.07 Å². The molecule has 3 rings (SSSR count). The number of benzene rings is 2. The van der Waals surface area contributed by atoms with Crippen molar-refractivity contribution in [2.24, 2.45) is 5.92 Å². The van der Waals surface area contributed by atoms with Crippen molar-refractivity contribution in [3.63, 3.8) is 0 Å². The molecule has 1 aliphatic rings. The van der Waals surface area contributed by atoms with Crippen LogP contribution in [0.25, 0.3) is 0 Å². The summed E-state index contributed by atoms with van der Waals surface area (Å²) in [5.74, 6) is -0.366. The van der Waals surface area contributed by atoms with Gasteiger partial charge < -0.3 is 29.2 Å². The highest BCUT2D eigenvalue weighted by Crippen LogP contribution is 2.30. The van der Waals surface area contributed by atoms with E-state index in [1.165, 1.54) is 26.2 Å². The van der Waals surface area contributed by atoms with Gasteiger partial charge >= 0.3 is 5.97 Å². The van der Waals surface area contributed by atoms with Crippen LogP contribution < -0.4 is 24.4 Å². The Balaban J connectivity index is 1.55. The number of anilines is 2. The van der Waals surface area contributed by atoms with E-state index in [2.05, 4.69) is 5.32 Å². The number of methoxy groups -OCH3 is 3. The van der Waals surface area contributed by atoms with Crippen LogP contribution in [0.2, 0.25) is 0 Å². The van der Waals surface area contributed by atoms with Crippen molar-refractivity contribution < 1.29 is 33.3 Å². The van der Waals surface area contributed by atoms with E-state index in [-0.39, 0.29) is 18.9 Å². The van der Waals surface area contributed by atoms with Gasteiger partial charge in [-0.05, 0) is 24.3 Å². The summed E-state index contributed by atoms with van der Waals surface area (Å²) in [6.07, 6.45) is 0.0178. The highest BCUT2D eigenvalue weighted by molar-refractivity contribution is 6.00. The van der Waals surface area contributed by atoms with E-state index in [4.69, 9.17) is 18.9 Å². The first-order valence-electron chi connectivity index (χ1n) is 9.58. The van der Waals surface area contributed by atoms with Crippen molar-refractivity contribution in [3.8, 4) is 17.2 Å². The highest BCUT2D eigenvalue weighted by atomic mass is 16.5. The number of amides is 2. The predicted molar refractivity (Wildman–Crippen MR) is 113 cm³/mol. The molecule has 0 saturated carbocycles. The van der Waals surface area contributed by atoms with Crippen LogP contribution in [0.15, 0.2) is 42.5 Å². The summed E-state index contributed by atoms with van der Waals surface area (Å²) >= 11 is 0. The van der Waals surface area contributed by atoms with Crippen LogP contribution in [0.1, 0.15) is 6.42 Å². The van der Waals surface area contributed by atoms with E-state index in [1.54, 1.807) is 42.5 Å². The maximum absolute atomic E-state index is 12.4. The SMILES string of the molecule is COc1cccc(N2C[C@@H](C(=O)OCC(=O)Nc3ccc(OC)cc3OC)CC2=O)c1. The molecule has 1 fully saturated rings. The lowest BCUT2D eigenvalue weighted by Gasteiger charge is -2.17. The number of hydrogen-bond donors (Lipinski definition) is 1. The van der Waals surface area contributed by atoms with Gasteiger partial charge in [0.15, 0.2) is 6.61 Å². The molecule has 0 spiro atoms. The average molecular weight is 428 g/mol. The van der Waals surface area contributed by atoms with Crippen molar-refractivity contribution in [2.75, 3.05) is 44.7 Å². The maximum Gasteiger partial charge on any atom is 0.311 e. The Morgan fingerprint density at radius 1 is 1.03 bits per heavy atom. The summed E-state index contributed by atoms with van der Waals surface area (Å²) in [6, 6.07) is 11.9. The molecule has 9 heteroatoms. The molecule has 164 valence electrons. The van der Waals surface area contributed by atoms with Crippen LogP contribution >= 0.6 is 0 Å². The number of carbonyl (C=O) groups excluding carboxylic acids is 3. The van der Waals surface area contributed by atoms with Crippen LogP contribution in [0.5, 0.6) is 17.2 Å². The summed E-state index contributed by atoms with van der Waals surface area (Å²) < 4.78 is 20.7. The third kappa shape index (κ3) is 5.25. The third-order valence-corrected chi connectivity index (χ3v) is 4.85. The van der Waals surface area contributed by atoms with Gasteiger partial charge in [0.1, 0.15) is 17.2 Å². The lowest BCUT2D eigenvalue weighted by molar-refractivity contribution is -0.151.